The molecule has 0 radical (unpaired) electrons. The van der Waals surface area contributed by atoms with Gasteiger partial charge in [0.25, 0.3) is 0 Å². The van der Waals surface area contributed by atoms with Crippen molar-refractivity contribution in [2.75, 3.05) is 0 Å². The number of fused-ring (bicyclic) bond motifs is 1. The molecule has 0 fully saturated rings. The molecular weight excluding hydrogens is 200 g/mol. The highest BCUT2D eigenvalue weighted by molar-refractivity contribution is 6.66. The summed E-state index contributed by atoms with van der Waals surface area (Å²) in [7, 11) is 0. The first-order valence-electron chi connectivity index (χ1n) is 4.12. The lowest BCUT2D eigenvalue weighted by atomic mass is 10.2. The standard InChI is InChI=1S/C11H7ClO2/c12-11(13)6-5-9-7-8-3-1-2-4-10(8)14-9/h1-7H/b6-5+. The second kappa shape index (κ2) is 3.68. The lowest BCUT2D eigenvalue weighted by Crippen LogP contribution is -1.73. The first kappa shape index (κ1) is 9.03. The van der Waals surface area contributed by atoms with E-state index in [0.29, 0.717) is 5.76 Å². The smallest absolute Gasteiger partial charge is 0.245 e. The molecule has 0 saturated heterocycles. The predicted molar refractivity (Wildman–Crippen MR) is 56.1 cm³/mol. The summed E-state index contributed by atoms with van der Waals surface area (Å²) in [6, 6.07) is 9.49. The van der Waals surface area contributed by atoms with Gasteiger partial charge in [0.2, 0.25) is 5.24 Å². The van der Waals surface area contributed by atoms with E-state index in [2.05, 4.69) is 0 Å². The summed E-state index contributed by atoms with van der Waals surface area (Å²) >= 11 is 5.16. The Morgan fingerprint density at radius 1 is 1.36 bits per heavy atom. The molecule has 2 nitrogen and oxygen atoms in total. The van der Waals surface area contributed by atoms with Crippen LogP contribution in [0.2, 0.25) is 0 Å². The van der Waals surface area contributed by atoms with Crippen LogP contribution in [0.4, 0.5) is 0 Å². The van der Waals surface area contributed by atoms with Gasteiger partial charge in [-0.1, -0.05) is 18.2 Å². The van der Waals surface area contributed by atoms with E-state index in [1.807, 2.05) is 30.3 Å². The number of hydrogen-bond donors (Lipinski definition) is 0. The van der Waals surface area contributed by atoms with E-state index in [9.17, 15) is 4.79 Å². The highest BCUT2D eigenvalue weighted by atomic mass is 35.5. The fourth-order valence-electron chi connectivity index (χ4n) is 1.23. The van der Waals surface area contributed by atoms with Crippen molar-refractivity contribution < 1.29 is 9.21 Å². The zero-order valence-corrected chi connectivity index (χ0v) is 7.99. The molecule has 1 aromatic heterocycles. The number of carbonyl (C=O) groups is 1. The van der Waals surface area contributed by atoms with Gasteiger partial charge in [-0.25, -0.2) is 0 Å². The minimum absolute atomic E-state index is 0.509. The predicted octanol–water partition coefficient (Wildman–Crippen LogP) is 3.21. The number of hydrogen-bond acceptors (Lipinski definition) is 2. The Morgan fingerprint density at radius 3 is 2.86 bits per heavy atom. The van der Waals surface area contributed by atoms with Gasteiger partial charge < -0.3 is 4.42 Å². The Kier molecular flexibility index (Phi) is 2.37. The van der Waals surface area contributed by atoms with Gasteiger partial charge >= 0.3 is 0 Å². The van der Waals surface area contributed by atoms with E-state index in [0.717, 1.165) is 11.0 Å². The van der Waals surface area contributed by atoms with Crippen molar-refractivity contribution in [2.24, 2.45) is 0 Å². The number of rotatable bonds is 2. The third kappa shape index (κ3) is 1.86. The molecule has 0 unspecified atom stereocenters. The molecular formula is C11H7ClO2. The van der Waals surface area contributed by atoms with Crippen LogP contribution in [0.25, 0.3) is 17.0 Å². The van der Waals surface area contributed by atoms with Gasteiger partial charge in [-0.15, -0.1) is 0 Å². The first-order chi connectivity index (χ1) is 6.75. The topological polar surface area (TPSA) is 30.2 Å². The lowest BCUT2D eigenvalue weighted by Gasteiger charge is -1.83. The Morgan fingerprint density at radius 2 is 2.14 bits per heavy atom. The molecule has 1 heterocycles. The van der Waals surface area contributed by atoms with Crippen molar-refractivity contribution in [3.63, 3.8) is 0 Å². The van der Waals surface area contributed by atoms with Gasteiger partial charge in [0.1, 0.15) is 11.3 Å². The van der Waals surface area contributed by atoms with Crippen LogP contribution < -0.4 is 0 Å². The van der Waals surface area contributed by atoms with Crippen molar-refractivity contribution in [3.05, 3.63) is 42.2 Å². The summed E-state index contributed by atoms with van der Waals surface area (Å²) in [6.45, 7) is 0. The highest BCUT2D eigenvalue weighted by Crippen LogP contribution is 2.19. The maximum absolute atomic E-state index is 10.5. The van der Waals surface area contributed by atoms with E-state index in [4.69, 9.17) is 16.0 Å². The molecule has 0 spiro atoms. The van der Waals surface area contributed by atoms with Crippen LogP contribution in [0.15, 0.2) is 40.8 Å². The quantitative estimate of drug-likeness (QED) is 0.558. The summed E-state index contributed by atoms with van der Waals surface area (Å²) in [5, 5.41) is 0.500. The number of para-hydroxylation sites is 1. The molecule has 0 saturated carbocycles. The van der Waals surface area contributed by atoms with Crippen LogP contribution in [0.5, 0.6) is 0 Å². The second-order valence-electron chi connectivity index (χ2n) is 2.82. The van der Waals surface area contributed by atoms with E-state index >= 15 is 0 Å². The van der Waals surface area contributed by atoms with E-state index in [1.54, 1.807) is 6.08 Å². The molecule has 0 aliphatic carbocycles. The molecule has 14 heavy (non-hydrogen) atoms. The number of allylic oxidation sites excluding steroid dienone is 1. The molecule has 0 amide bonds. The molecule has 0 aliphatic rings. The summed E-state index contributed by atoms with van der Waals surface area (Å²) in [4.78, 5) is 10.5. The SMILES string of the molecule is O=C(Cl)/C=C/c1cc2ccccc2o1. The van der Waals surface area contributed by atoms with Gasteiger partial charge in [-0.2, -0.15) is 0 Å². The zero-order chi connectivity index (χ0) is 9.97. The summed E-state index contributed by atoms with van der Waals surface area (Å²) in [5.41, 5.74) is 0.800. The normalized spacial score (nSPS) is 11.2. The van der Waals surface area contributed by atoms with Crippen LogP contribution in [0.3, 0.4) is 0 Å². The molecule has 0 N–H and O–H groups in total. The van der Waals surface area contributed by atoms with Crippen LogP contribution >= 0.6 is 11.6 Å². The number of halogens is 1. The third-order valence-corrected chi connectivity index (χ3v) is 1.95. The van der Waals surface area contributed by atoms with Crippen molar-refractivity contribution >= 4 is 33.9 Å². The lowest BCUT2D eigenvalue weighted by molar-refractivity contribution is -0.107. The maximum Gasteiger partial charge on any atom is 0.245 e. The van der Waals surface area contributed by atoms with E-state index in [1.165, 1.54) is 6.08 Å². The average Bonchev–Trinajstić information content (AvgIpc) is 2.57. The van der Waals surface area contributed by atoms with Gasteiger partial charge in [-0.05, 0) is 29.8 Å². The molecule has 1 aromatic carbocycles. The van der Waals surface area contributed by atoms with Crippen LogP contribution in [-0.4, -0.2) is 5.24 Å². The Labute approximate surface area is 85.8 Å². The minimum atomic E-state index is -0.509. The summed E-state index contributed by atoms with van der Waals surface area (Å²) < 4.78 is 5.42. The van der Waals surface area contributed by atoms with Crippen molar-refractivity contribution in [1.82, 2.24) is 0 Å². The summed E-state index contributed by atoms with van der Waals surface area (Å²) in [5.74, 6) is 0.625. The highest BCUT2D eigenvalue weighted by Gasteiger charge is 1.99. The number of benzene rings is 1. The number of furan rings is 1. The fraction of sp³-hybridized carbons (Fsp3) is 0. The first-order valence-corrected chi connectivity index (χ1v) is 4.49. The maximum atomic E-state index is 10.5. The Bertz CT molecular complexity index is 464. The van der Waals surface area contributed by atoms with Gasteiger partial charge in [0.05, 0.1) is 0 Å². The minimum Gasteiger partial charge on any atom is -0.457 e. The van der Waals surface area contributed by atoms with E-state index in [-0.39, 0.29) is 0 Å². The molecule has 2 rings (SSSR count). The monoisotopic (exact) mass is 206 g/mol. The average molecular weight is 207 g/mol. The molecule has 3 heteroatoms. The van der Waals surface area contributed by atoms with Crippen molar-refractivity contribution in [1.29, 1.82) is 0 Å². The molecule has 2 aromatic rings. The van der Waals surface area contributed by atoms with Crippen LogP contribution in [-0.2, 0) is 4.79 Å². The van der Waals surface area contributed by atoms with Gasteiger partial charge in [-0.3, -0.25) is 4.79 Å². The van der Waals surface area contributed by atoms with Crippen LogP contribution in [0.1, 0.15) is 5.76 Å². The van der Waals surface area contributed by atoms with Crippen LogP contribution in [0, 0.1) is 0 Å². The molecule has 0 atom stereocenters. The largest absolute Gasteiger partial charge is 0.457 e. The van der Waals surface area contributed by atoms with Crippen molar-refractivity contribution in [2.45, 2.75) is 0 Å². The zero-order valence-electron chi connectivity index (χ0n) is 7.24. The Hall–Kier alpha value is -1.54. The molecule has 70 valence electrons. The van der Waals surface area contributed by atoms with E-state index < -0.39 is 5.24 Å². The third-order valence-electron chi connectivity index (χ3n) is 1.82. The molecule has 0 bridgehead atoms. The fourth-order valence-corrected chi connectivity index (χ4v) is 1.30. The van der Waals surface area contributed by atoms with Crippen molar-refractivity contribution in [3.8, 4) is 0 Å². The second-order valence-corrected chi connectivity index (χ2v) is 3.20. The molecule has 0 aliphatic heterocycles. The van der Waals surface area contributed by atoms with Gasteiger partial charge in [0.15, 0.2) is 0 Å². The number of carbonyl (C=O) groups excluding carboxylic acids is 1. The van der Waals surface area contributed by atoms with Gasteiger partial charge in [0, 0.05) is 11.5 Å². The summed E-state index contributed by atoms with van der Waals surface area (Å²) in [6.07, 6.45) is 2.81. The Balaban J connectivity index is 2.40.